The van der Waals surface area contributed by atoms with Crippen molar-refractivity contribution in [3.05, 3.63) is 71.1 Å². The second kappa shape index (κ2) is 7.53. The van der Waals surface area contributed by atoms with Gasteiger partial charge in [-0.05, 0) is 36.4 Å². The van der Waals surface area contributed by atoms with E-state index in [9.17, 15) is 9.59 Å². The van der Waals surface area contributed by atoms with Gasteiger partial charge in [0, 0.05) is 49.0 Å². The second-order valence-electron chi connectivity index (χ2n) is 6.56. The maximum atomic E-state index is 12.5. The molecule has 0 bridgehead atoms. The quantitative estimate of drug-likeness (QED) is 0.722. The summed E-state index contributed by atoms with van der Waals surface area (Å²) in [6, 6.07) is 18.8. The maximum Gasteiger partial charge on any atom is 0.336 e. The van der Waals surface area contributed by atoms with Gasteiger partial charge in [-0.25, -0.2) is 4.79 Å². The topological polar surface area (TPSA) is 65.8 Å². The van der Waals surface area contributed by atoms with Crippen molar-refractivity contribution in [1.82, 2.24) is 4.90 Å². The number of fused-ring (bicyclic) bond motifs is 1. The molecule has 3 aromatic rings. The molecule has 0 unspecified atom stereocenters. The van der Waals surface area contributed by atoms with Crippen molar-refractivity contribution in [2.45, 2.75) is 0 Å². The maximum absolute atomic E-state index is 12.5. The van der Waals surface area contributed by atoms with Crippen LogP contribution in [0, 0.1) is 0 Å². The predicted octanol–water partition coefficient (Wildman–Crippen LogP) is 2.55. The number of rotatable bonds is 4. The fourth-order valence-corrected chi connectivity index (χ4v) is 3.32. The van der Waals surface area contributed by atoms with Crippen molar-refractivity contribution in [2.75, 3.05) is 42.9 Å². The Kier molecular flexibility index (Phi) is 4.78. The number of benzene rings is 2. The van der Waals surface area contributed by atoms with E-state index >= 15 is 0 Å². The molecule has 1 aromatic heterocycles. The molecule has 0 radical (unpaired) electrons. The van der Waals surface area contributed by atoms with Crippen LogP contribution in [0.5, 0.6) is 0 Å². The zero-order valence-corrected chi connectivity index (χ0v) is 14.9. The molecule has 1 aliphatic rings. The van der Waals surface area contributed by atoms with Gasteiger partial charge in [0.25, 0.3) is 0 Å². The zero-order chi connectivity index (χ0) is 18.6. The molecule has 4 rings (SSSR count). The molecule has 1 saturated heterocycles. The number of amides is 1. The normalized spacial score (nSPS) is 14.4. The number of hydrogen-bond acceptors (Lipinski definition) is 5. The molecule has 1 aliphatic heterocycles. The molecule has 138 valence electrons. The first-order chi connectivity index (χ1) is 13.2. The first-order valence-electron chi connectivity index (χ1n) is 9.05. The van der Waals surface area contributed by atoms with Crippen LogP contribution in [0.25, 0.3) is 11.0 Å². The van der Waals surface area contributed by atoms with Crippen LogP contribution in [-0.4, -0.2) is 43.5 Å². The molecular formula is C21H21N3O3. The Morgan fingerprint density at radius 2 is 1.74 bits per heavy atom. The lowest BCUT2D eigenvalue weighted by atomic mass is 10.2. The Labute approximate surface area is 157 Å². The minimum atomic E-state index is -0.368. The number of anilines is 2. The van der Waals surface area contributed by atoms with Crippen molar-refractivity contribution in [2.24, 2.45) is 0 Å². The molecule has 27 heavy (non-hydrogen) atoms. The third-order valence-corrected chi connectivity index (χ3v) is 4.82. The molecule has 0 aliphatic carbocycles. The molecule has 1 fully saturated rings. The van der Waals surface area contributed by atoms with Gasteiger partial charge in [-0.3, -0.25) is 4.79 Å². The molecule has 6 heteroatoms. The van der Waals surface area contributed by atoms with Crippen LogP contribution in [0.15, 0.2) is 69.9 Å². The van der Waals surface area contributed by atoms with Crippen molar-refractivity contribution >= 4 is 28.3 Å². The molecule has 2 heterocycles. The van der Waals surface area contributed by atoms with Crippen LogP contribution in [0.2, 0.25) is 0 Å². The highest BCUT2D eigenvalue weighted by Gasteiger charge is 2.20. The predicted molar refractivity (Wildman–Crippen MR) is 106 cm³/mol. The Morgan fingerprint density at radius 3 is 2.52 bits per heavy atom. The van der Waals surface area contributed by atoms with Crippen LogP contribution in [0.4, 0.5) is 11.4 Å². The first-order valence-corrected chi connectivity index (χ1v) is 9.05. The lowest BCUT2D eigenvalue weighted by Crippen LogP contribution is -2.50. The Hall–Kier alpha value is -3.28. The van der Waals surface area contributed by atoms with Gasteiger partial charge in [0.05, 0.1) is 6.54 Å². The zero-order valence-electron chi connectivity index (χ0n) is 14.9. The van der Waals surface area contributed by atoms with E-state index in [1.165, 1.54) is 11.8 Å². The van der Waals surface area contributed by atoms with Gasteiger partial charge in [0.2, 0.25) is 5.91 Å². The van der Waals surface area contributed by atoms with Gasteiger partial charge in [0.1, 0.15) is 5.58 Å². The van der Waals surface area contributed by atoms with E-state index in [2.05, 4.69) is 22.3 Å². The molecule has 0 spiro atoms. The number of nitrogens with one attached hydrogen (secondary N) is 1. The summed E-state index contributed by atoms with van der Waals surface area (Å²) in [4.78, 5) is 27.9. The minimum Gasteiger partial charge on any atom is -0.423 e. The molecule has 1 amide bonds. The molecule has 0 atom stereocenters. The minimum absolute atomic E-state index is 0.0856. The van der Waals surface area contributed by atoms with Gasteiger partial charge in [0.15, 0.2) is 0 Å². The van der Waals surface area contributed by atoms with Crippen LogP contribution in [0.3, 0.4) is 0 Å². The largest absolute Gasteiger partial charge is 0.423 e. The lowest BCUT2D eigenvalue weighted by Gasteiger charge is -2.36. The van der Waals surface area contributed by atoms with Crippen LogP contribution < -0.4 is 15.8 Å². The van der Waals surface area contributed by atoms with Gasteiger partial charge in [-0.2, -0.15) is 0 Å². The van der Waals surface area contributed by atoms with Gasteiger partial charge < -0.3 is 19.5 Å². The molecule has 0 saturated carbocycles. The highest BCUT2D eigenvalue weighted by molar-refractivity contribution is 5.84. The van der Waals surface area contributed by atoms with E-state index in [0.29, 0.717) is 5.58 Å². The highest BCUT2D eigenvalue weighted by atomic mass is 16.4. The SMILES string of the molecule is O=C(CNc1ccc2oc(=O)ccc2c1)N1CCN(c2ccccc2)CC1. The Balaban J connectivity index is 1.32. The van der Waals surface area contributed by atoms with E-state index in [1.807, 2.05) is 35.2 Å². The summed E-state index contributed by atoms with van der Waals surface area (Å²) in [6.45, 7) is 3.36. The summed E-state index contributed by atoms with van der Waals surface area (Å²) in [5, 5.41) is 3.99. The number of carbonyl (C=O) groups excluding carboxylic acids is 1. The fraction of sp³-hybridized carbons (Fsp3) is 0.238. The van der Waals surface area contributed by atoms with Crippen molar-refractivity contribution in [1.29, 1.82) is 0 Å². The Morgan fingerprint density at radius 1 is 0.963 bits per heavy atom. The van der Waals surface area contributed by atoms with E-state index in [1.54, 1.807) is 12.1 Å². The molecule has 1 N–H and O–H groups in total. The number of carbonyl (C=O) groups is 1. The van der Waals surface area contributed by atoms with Crippen molar-refractivity contribution in [3.63, 3.8) is 0 Å². The standard InChI is InChI=1S/C21H21N3O3/c25-20(24-12-10-23(11-13-24)18-4-2-1-3-5-18)15-22-17-7-8-19-16(14-17)6-9-21(26)27-19/h1-9,14,22H,10-13,15H2. The van der Waals surface area contributed by atoms with Crippen LogP contribution >= 0.6 is 0 Å². The molecule has 6 nitrogen and oxygen atoms in total. The van der Waals surface area contributed by atoms with Crippen molar-refractivity contribution in [3.8, 4) is 0 Å². The summed E-state index contributed by atoms with van der Waals surface area (Å²) in [6.07, 6.45) is 0. The average molecular weight is 363 g/mol. The van der Waals surface area contributed by atoms with E-state index in [0.717, 1.165) is 37.3 Å². The second-order valence-corrected chi connectivity index (χ2v) is 6.56. The monoisotopic (exact) mass is 363 g/mol. The molecule has 2 aromatic carbocycles. The fourth-order valence-electron chi connectivity index (χ4n) is 3.32. The number of piperazine rings is 1. The summed E-state index contributed by atoms with van der Waals surface area (Å²) in [5.41, 5.74) is 2.20. The van der Waals surface area contributed by atoms with E-state index in [-0.39, 0.29) is 18.1 Å². The van der Waals surface area contributed by atoms with Gasteiger partial charge in [-0.15, -0.1) is 0 Å². The highest BCUT2D eigenvalue weighted by Crippen LogP contribution is 2.18. The van der Waals surface area contributed by atoms with Crippen LogP contribution in [0.1, 0.15) is 0 Å². The first kappa shape index (κ1) is 17.1. The third-order valence-electron chi connectivity index (χ3n) is 4.82. The van der Waals surface area contributed by atoms with E-state index < -0.39 is 0 Å². The summed E-state index contributed by atoms with van der Waals surface area (Å²) >= 11 is 0. The summed E-state index contributed by atoms with van der Waals surface area (Å²) < 4.78 is 5.12. The van der Waals surface area contributed by atoms with Crippen molar-refractivity contribution < 1.29 is 9.21 Å². The number of hydrogen-bond donors (Lipinski definition) is 1. The average Bonchev–Trinajstić information content (AvgIpc) is 2.72. The number of nitrogens with zero attached hydrogens (tertiary/aromatic N) is 2. The summed E-state index contributed by atoms with van der Waals surface area (Å²) in [7, 11) is 0. The summed E-state index contributed by atoms with van der Waals surface area (Å²) in [5.74, 6) is 0.0856. The molecular weight excluding hydrogens is 342 g/mol. The van der Waals surface area contributed by atoms with Crippen LogP contribution in [-0.2, 0) is 4.79 Å². The lowest BCUT2D eigenvalue weighted by molar-refractivity contribution is -0.129. The van der Waals surface area contributed by atoms with Gasteiger partial charge in [-0.1, -0.05) is 18.2 Å². The number of para-hydroxylation sites is 1. The smallest absolute Gasteiger partial charge is 0.336 e. The Bertz CT molecular complexity index is 992. The van der Waals surface area contributed by atoms with E-state index in [4.69, 9.17) is 4.42 Å². The van der Waals surface area contributed by atoms with Gasteiger partial charge >= 0.3 is 5.63 Å². The third kappa shape index (κ3) is 3.95.